The molecule has 0 aliphatic heterocycles. The van der Waals surface area contributed by atoms with Crippen molar-refractivity contribution in [3.63, 3.8) is 0 Å². The maximum atomic E-state index is 13.7. The zero-order valence-corrected chi connectivity index (χ0v) is 14.9. The van der Waals surface area contributed by atoms with Crippen molar-refractivity contribution in [1.82, 2.24) is 5.32 Å². The third-order valence-electron chi connectivity index (χ3n) is 3.90. The lowest BCUT2D eigenvalue weighted by Gasteiger charge is -2.27. The Labute approximate surface area is 139 Å². The van der Waals surface area contributed by atoms with Gasteiger partial charge in [0.2, 0.25) is 0 Å². The molecule has 2 N–H and O–H groups in total. The Morgan fingerprint density at radius 3 is 2.30 bits per heavy atom. The fourth-order valence-corrected chi connectivity index (χ4v) is 2.51. The molecule has 0 fully saturated rings. The predicted molar refractivity (Wildman–Crippen MR) is 90.0 cm³/mol. The molecule has 0 spiro atoms. The van der Waals surface area contributed by atoms with E-state index in [9.17, 15) is 14.0 Å². The van der Waals surface area contributed by atoms with Crippen molar-refractivity contribution in [2.45, 2.75) is 64.5 Å². The summed E-state index contributed by atoms with van der Waals surface area (Å²) in [7, 11) is 3.65. The fourth-order valence-electron chi connectivity index (χ4n) is 2.51. The van der Waals surface area contributed by atoms with Gasteiger partial charge in [-0.25, -0.2) is 9.18 Å². The van der Waals surface area contributed by atoms with Gasteiger partial charge in [0.05, 0.1) is 20.6 Å². The van der Waals surface area contributed by atoms with Crippen molar-refractivity contribution in [2.75, 3.05) is 33.7 Å². The number of alkyl halides is 1. The molecule has 23 heavy (non-hydrogen) atoms. The number of quaternary nitrogens is 1. The largest absolute Gasteiger partial charge is 0.477 e. The van der Waals surface area contributed by atoms with E-state index in [-0.39, 0.29) is 6.54 Å². The zero-order chi connectivity index (χ0) is 17.7. The number of carboxylic acid groups (broad SMARTS) is 1. The van der Waals surface area contributed by atoms with Gasteiger partial charge in [0.25, 0.3) is 5.91 Å². The average molecular weight is 333 g/mol. The SMILES string of the molecule is CCCCCCCCC(F)C(=O)NCCC[N+](C)(C)CC(=O)O. The molecule has 136 valence electrons. The van der Waals surface area contributed by atoms with Crippen LogP contribution >= 0.6 is 0 Å². The molecule has 0 saturated heterocycles. The van der Waals surface area contributed by atoms with Crippen molar-refractivity contribution in [1.29, 1.82) is 0 Å². The van der Waals surface area contributed by atoms with Gasteiger partial charge >= 0.3 is 5.97 Å². The van der Waals surface area contributed by atoms with E-state index in [0.29, 0.717) is 30.4 Å². The van der Waals surface area contributed by atoms with E-state index in [1.165, 1.54) is 19.3 Å². The normalized spacial score (nSPS) is 12.9. The predicted octanol–water partition coefficient (Wildman–Crippen LogP) is 2.74. The van der Waals surface area contributed by atoms with Gasteiger partial charge in [-0.3, -0.25) is 4.79 Å². The quantitative estimate of drug-likeness (QED) is 0.379. The first kappa shape index (κ1) is 21.8. The van der Waals surface area contributed by atoms with Crippen molar-refractivity contribution in [2.24, 2.45) is 0 Å². The number of nitrogens with zero attached hydrogens (tertiary/aromatic N) is 1. The second-order valence-electron chi connectivity index (χ2n) is 6.88. The van der Waals surface area contributed by atoms with E-state index in [4.69, 9.17) is 5.11 Å². The van der Waals surface area contributed by atoms with Crippen LogP contribution in [-0.4, -0.2) is 61.4 Å². The maximum absolute atomic E-state index is 13.7. The number of aliphatic carboxylic acids is 1. The minimum atomic E-state index is -1.43. The second kappa shape index (κ2) is 12.3. The Hall–Kier alpha value is -1.17. The molecule has 6 heteroatoms. The Kier molecular flexibility index (Phi) is 11.7. The van der Waals surface area contributed by atoms with Gasteiger partial charge < -0.3 is 14.9 Å². The lowest BCUT2D eigenvalue weighted by atomic mass is 10.1. The number of hydrogen-bond donors (Lipinski definition) is 2. The van der Waals surface area contributed by atoms with Crippen LogP contribution in [0.25, 0.3) is 0 Å². The summed E-state index contributed by atoms with van der Waals surface area (Å²) >= 11 is 0. The molecule has 0 saturated carbocycles. The Morgan fingerprint density at radius 1 is 1.09 bits per heavy atom. The summed E-state index contributed by atoms with van der Waals surface area (Å²) in [6.07, 6.45) is 5.93. The van der Waals surface area contributed by atoms with Gasteiger partial charge in [0.1, 0.15) is 0 Å². The van der Waals surface area contributed by atoms with Crippen molar-refractivity contribution in [3.05, 3.63) is 0 Å². The van der Waals surface area contributed by atoms with E-state index in [0.717, 1.165) is 19.3 Å². The van der Waals surface area contributed by atoms with Crippen molar-refractivity contribution in [3.8, 4) is 0 Å². The molecule has 0 aliphatic rings. The van der Waals surface area contributed by atoms with Gasteiger partial charge in [-0.15, -0.1) is 0 Å². The van der Waals surface area contributed by atoms with Crippen LogP contribution in [0.15, 0.2) is 0 Å². The highest BCUT2D eigenvalue weighted by molar-refractivity contribution is 5.80. The fraction of sp³-hybridized carbons (Fsp3) is 0.882. The van der Waals surface area contributed by atoms with Gasteiger partial charge in [0, 0.05) is 13.0 Å². The monoisotopic (exact) mass is 333 g/mol. The number of hydrogen-bond acceptors (Lipinski definition) is 2. The number of carbonyl (C=O) groups is 2. The standard InChI is InChI=1S/C17H33FN2O3/c1-4-5-6-7-8-9-11-15(18)17(23)19-12-10-13-20(2,3)14-16(21)22/h15H,4-14H2,1-3H3,(H-,19,21,22,23)/p+1. The molecule has 5 nitrogen and oxygen atoms in total. The van der Waals surface area contributed by atoms with Gasteiger partial charge in [-0.05, 0) is 6.42 Å². The minimum Gasteiger partial charge on any atom is -0.477 e. The lowest BCUT2D eigenvalue weighted by Crippen LogP contribution is -2.45. The van der Waals surface area contributed by atoms with Crippen LogP contribution in [-0.2, 0) is 9.59 Å². The average Bonchev–Trinajstić information content (AvgIpc) is 2.45. The summed E-state index contributed by atoms with van der Waals surface area (Å²) in [5, 5.41) is 11.4. The Morgan fingerprint density at radius 2 is 1.70 bits per heavy atom. The third kappa shape index (κ3) is 13.0. The first-order valence-corrected chi connectivity index (χ1v) is 8.74. The van der Waals surface area contributed by atoms with Crippen LogP contribution in [0.2, 0.25) is 0 Å². The van der Waals surface area contributed by atoms with Gasteiger partial charge in [-0.1, -0.05) is 45.4 Å². The highest BCUT2D eigenvalue weighted by Gasteiger charge is 2.20. The topological polar surface area (TPSA) is 66.4 Å². The molecular formula is C17H34FN2O3+. The summed E-state index contributed by atoms with van der Waals surface area (Å²) in [6.45, 7) is 3.21. The zero-order valence-electron chi connectivity index (χ0n) is 14.9. The van der Waals surface area contributed by atoms with Crippen LogP contribution in [0, 0.1) is 0 Å². The number of amides is 1. The Balaban J connectivity index is 3.70. The molecule has 1 atom stereocenters. The molecule has 0 rings (SSSR count). The number of carboxylic acids is 1. The molecule has 0 radical (unpaired) electrons. The van der Waals surface area contributed by atoms with E-state index in [2.05, 4.69) is 12.2 Å². The number of likely N-dealkylation sites (N-methyl/N-ethyl adjacent to an activating group) is 1. The summed E-state index contributed by atoms with van der Waals surface area (Å²) in [6, 6.07) is 0. The molecule has 0 bridgehead atoms. The summed E-state index contributed by atoms with van der Waals surface area (Å²) in [5.41, 5.74) is 0. The molecule has 0 aromatic carbocycles. The number of unbranched alkanes of at least 4 members (excludes halogenated alkanes) is 5. The molecule has 0 heterocycles. The number of rotatable bonds is 14. The summed E-state index contributed by atoms with van der Waals surface area (Å²) in [5.74, 6) is -1.39. The van der Waals surface area contributed by atoms with Crippen LogP contribution < -0.4 is 5.32 Å². The number of carbonyl (C=O) groups excluding carboxylic acids is 1. The third-order valence-corrected chi connectivity index (χ3v) is 3.90. The molecule has 1 amide bonds. The van der Waals surface area contributed by atoms with Crippen LogP contribution in [0.3, 0.4) is 0 Å². The van der Waals surface area contributed by atoms with E-state index < -0.39 is 18.0 Å². The summed E-state index contributed by atoms with van der Waals surface area (Å²) in [4.78, 5) is 22.3. The first-order valence-electron chi connectivity index (χ1n) is 8.74. The molecule has 1 unspecified atom stereocenters. The Bertz CT molecular complexity index is 349. The maximum Gasteiger partial charge on any atom is 0.359 e. The summed E-state index contributed by atoms with van der Waals surface area (Å²) < 4.78 is 14.1. The van der Waals surface area contributed by atoms with Crippen molar-refractivity contribution >= 4 is 11.9 Å². The second-order valence-corrected chi connectivity index (χ2v) is 6.88. The van der Waals surface area contributed by atoms with Crippen molar-refractivity contribution < 1.29 is 23.6 Å². The van der Waals surface area contributed by atoms with Gasteiger partial charge in [0.15, 0.2) is 12.7 Å². The number of halogens is 1. The molecular weight excluding hydrogens is 299 g/mol. The highest BCUT2D eigenvalue weighted by Crippen LogP contribution is 2.10. The van der Waals surface area contributed by atoms with Crippen LogP contribution in [0.4, 0.5) is 4.39 Å². The van der Waals surface area contributed by atoms with E-state index >= 15 is 0 Å². The lowest BCUT2D eigenvalue weighted by molar-refractivity contribution is -0.883. The highest BCUT2D eigenvalue weighted by atomic mass is 19.1. The van der Waals surface area contributed by atoms with E-state index in [1.54, 1.807) is 0 Å². The number of nitrogens with one attached hydrogen (secondary N) is 1. The minimum absolute atomic E-state index is 0.0394. The van der Waals surface area contributed by atoms with E-state index in [1.807, 2.05) is 14.1 Å². The molecule has 0 aromatic rings. The molecule has 0 aliphatic carbocycles. The first-order chi connectivity index (χ1) is 10.8. The smallest absolute Gasteiger partial charge is 0.359 e. The van der Waals surface area contributed by atoms with Crippen LogP contribution in [0.5, 0.6) is 0 Å². The van der Waals surface area contributed by atoms with Crippen LogP contribution in [0.1, 0.15) is 58.3 Å². The van der Waals surface area contributed by atoms with Gasteiger partial charge in [-0.2, -0.15) is 0 Å². The molecule has 0 aromatic heterocycles.